The van der Waals surface area contributed by atoms with Gasteiger partial charge in [-0.15, -0.1) is 10.2 Å². The molecule has 1 aromatic rings. The van der Waals surface area contributed by atoms with Gasteiger partial charge in [-0.1, -0.05) is 13.8 Å². The van der Waals surface area contributed by atoms with Crippen molar-refractivity contribution in [2.75, 3.05) is 13.2 Å². The van der Waals surface area contributed by atoms with E-state index in [1.165, 1.54) is 0 Å². The third kappa shape index (κ3) is 3.43. The Morgan fingerprint density at radius 1 is 1.43 bits per heavy atom. The van der Waals surface area contributed by atoms with Crippen LogP contribution in [0.15, 0.2) is 4.42 Å². The van der Waals surface area contributed by atoms with Crippen molar-refractivity contribution >= 4 is 0 Å². The third-order valence-electron chi connectivity index (χ3n) is 1.88. The molecule has 0 spiro atoms. The van der Waals surface area contributed by atoms with E-state index in [2.05, 4.69) is 15.5 Å². The van der Waals surface area contributed by atoms with Crippen molar-refractivity contribution in [2.45, 2.75) is 27.3 Å². The summed E-state index contributed by atoms with van der Waals surface area (Å²) >= 11 is 0. The van der Waals surface area contributed by atoms with Crippen LogP contribution in [0.5, 0.6) is 0 Å². The van der Waals surface area contributed by atoms with E-state index in [4.69, 9.17) is 9.52 Å². The lowest BCUT2D eigenvalue weighted by molar-refractivity contribution is 0.155. The van der Waals surface area contributed by atoms with E-state index in [1.54, 1.807) is 6.92 Å². The first-order valence-corrected chi connectivity index (χ1v) is 4.64. The molecule has 0 saturated carbocycles. The van der Waals surface area contributed by atoms with E-state index < -0.39 is 0 Å². The highest BCUT2D eigenvalue weighted by molar-refractivity contribution is 4.79. The minimum absolute atomic E-state index is 0.116. The zero-order valence-electron chi connectivity index (χ0n) is 8.87. The summed E-state index contributed by atoms with van der Waals surface area (Å²) in [6.07, 6.45) is 0. The molecular weight excluding hydrogens is 182 g/mol. The second-order valence-electron chi connectivity index (χ2n) is 4.14. The molecule has 5 nitrogen and oxygen atoms in total. The van der Waals surface area contributed by atoms with Crippen LogP contribution < -0.4 is 5.32 Å². The average molecular weight is 199 g/mol. The largest absolute Gasteiger partial charge is 0.424 e. The Labute approximate surface area is 83.5 Å². The van der Waals surface area contributed by atoms with Gasteiger partial charge in [0.15, 0.2) is 0 Å². The number of aromatic nitrogens is 2. The van der Waals surface area contributed by atoms with Crippen LogP contribution in [-0.4, -0.2) is 28.5 Å². The molecule has 0 aliphatic rings. The van der Waals surface area contributed by atoms with E-state index in [0.717, 1.165) is 0 Å². The lowest BCUT2D eigenvalue weighted by Crippen LogP contribution is -2.31. The topological polar surface area (TPSA) is 71.2 Å². The number of nitrogens with zero attached hydrogens (tertiary/aromatic N) is 2. The molecule has 0 aliphatic carbocycles. The van der Waals surface area contributed by atoms with Crippen molar-refractivity contribution in [1.82, 2.24) is 15.5 Å². The summed E-state index contributed by atoms with van der Waals surface area (Å²) in [5.74, 6) is 1.15. The molecule has 1 aromatic heterocycles. The maximum absolute atomic E-state index is 9.00. The first-order valence-electron chi connectivity index (χ1n) is 4.64. The lowest BCUT2D eigenvalue weighted by atomic mass is 9.95. The Morgan fingerprint density at radius 2 is 2.14 bits per heavy atom. The molecule has 0 saturated heterocycles. The number of nitrogens with one attached hydrogen (secondary N) is 1. The Bertz CT molecular complexity index is 283. The van der Waals surface area contributed by atoms with Gasteiger partial charge in [0.05, 0.1) is 6.54 Å². The molecule has 0 radical (unpaired) electrons. The van der Waals surface area contributed by atoms with Gasteiger partial charge in [-0.2, -0.15) is 0 Å². The second-order valence-corrected chi connectivity index (χ2v) is 4.14. The second kappa shape index (κ2) is 4.52. The molecule has 14 heavy (non-hydrogen) atoms. The molecule has 0 aliphatic heterocycles. The van der Waals surface area contributed by atoms with Crippen LogP contribution in [0.1, 0.15) is 25.6 Å². The van der Waals surface area contributed by atoms with E-state index >= 15 is 0 Å². The third-order valence-corrected chi connectivity index (χ3v) is 1.88. The molecule has 0 bridgehead atoms. The van der Waals surface area contributed by atoms with Gasteiger partial charge in [0.1, 0.15) is 0 Å². The van der Waals surface area contributed by atoms with E-state index in [-0.39, 0.29) is 12.0 Å². The predicted octanol–water partition coefficient (Wildman–Crippen LogP) is 0.486. The monoisotopic (exact) mass is 199 g/mol. The minimum Gasteiger partial charge on any atom is -0.424 e. The molecule has 0 aromatic carbocycles. The molecule has 1 rings (SSSR count). The number of hydrogen-bond acceptors (Lipinski definition) is 5. The molecule has 0 atom stereocenters. The maximum Gasteiger partial charge on any atom is 0.230 e. The van der Waals surface area contributed by atoms with Crippen LogP contribution in [0.3, 0.4) is 0 Å². The van der Waals surface area contributed by atoms with E-state index in [0.29, 0.717) is 24.9 Å². The molecule has 2 N–H and O–H groups in total. The normalized spacial score (nSPS) is 12.0. The Balaban J connectivity index is 2.28. The SMILES string of the molecule is Cc1nnc(CNCC(C)(C)CO)o1. The number of aliphatic hydroxyl groups excluding tert-OH is 1. The van der Waals surface area contributed by atoms with E-state index in [9.17, 15) is 0 Å². The van der Waals surface area contributed by atoms with Crippen LogP contribution in [-0.2, 0) is 6.54 Å². The molecule has 0 amide bonds. The van der Waals surface area contributed by atoms with Crippen molar-refractivity contribution in [1.29, 1.82) is 0 Å². The Kier molecular flexibility index (Phi) is 3.60. The van der Waals surface area contributed by atoms with Crippen molar-refractivity contribution in [2.24, 2.45) is 5.41 Å². The first-order chi connectivity index (χ1) is 6.53. The Hall–Kier alpha value is -0.940. The van der Waals surface area contributed by atoms with Crippen LogP contribution in [0, 0.1) is 12.3 Å². The summed E-state index contributed by atoms with van der Waals surface area (Å²) in [5, 5.41) is 19.7. The standard InChI is InChI=1S/C9H17N3O2/c1-7-11-12-8(14-7)4-10-5-9(2,3)6-13/h10,13H,4-6H2,1-3H3. The zero-order valence-corrected chi connectivity index (χ0v) is 8.87. The van der Waals surface area contributed by atoms with Crippen molar-refractivity contribution in [3.8, 4) is 0 Å². The van der Waals surface area contributed by atoms with Gasteiger partial charge < -0.3 is 14.8 Å². The van der Waals surface area contributed by atoms with Crippen LogP contribution >= 0.6 is 0 Å². The van der Waals surface area contributed by atoms with Gasteiger partial charge >= 0.3 is 0 Å². The summed E-state index contributed by atoms with van der Waals surface area (Å²) in [6.45, 7) is 7.14. The number of aryl methyl sites for hydroxylation is 1. The minimum atomic E-state index is -0.116. The molecule has 5 heteroatoms. The fourth-order valence-corrected chi connectivity index (χ4v) is 0.973. The molecule has 1 heterocycles. The highest BCUT2D eigenvalue weighted by Gasteiger charge is 2.15. The first kappa shape index (κ1) is 11.1. The summed E-state index contributed by atoms with van der Waals surface area (Å²) < 4.78 is 5.18. The van der Waals surface area contributed by atoms with Crippen LogP contribution in [0.2, 0.25) is 0 Å². The van der Waals surface area contributed by atoms with Crippen molar-refractivity contribution < 1.29 is 9.52 Å². The summed E-state index contributed by atoms with van der Waals surface area (Å²) in [4.78, 5) is 0. The van der Waals surface area contributed by atoms with Gasteiger partial charge in [0, 0.05) is 25.5 Å². The molecular formula is C9H17N3O2. The molecule has 80 valence electrons. The smallest absolute Gasteiger partial charge is 0.230 e. The number of aliphatic hydroxyl groups is 1. The van der Waals surface area contributed by atoms with Gasteiger partial charge in [-0.05, 0) is 0 Å². The fraction of sp³-hybridized carbons (Fsp3) is 0.778. The molecule has 0 unspecified atom stereocenters. The predicted molar refractivity (Wildman–Crippen MR) is 51.6 cm³/mol. The summed E-state index contributed by atoms with van der Waals surface area (Å²) in [5.41, 5.74) is -0.116. The van der Waals surface area contributed by atoms with Gasteiger partial charge in [-0.25, -0.2) is 0 Å². The average Bonchev–Trinajstić information content (AvgIpc) is 2.51. The highest BCUT2D eigenvalue weighted by Crippen LogP contribution is 2.11. The van der Waals surface area contributed by atoms with E-state index in [1.807, 2.05) is 13.8 Å². The van der Waals surface area contributed by atoms with Crippen LogP contribution in [0.4, 0.5) is 0 Å². The quantitative estimate of drug-likeness (QED) is 0.722. The van der Waals surface area contributed by atoms with Gasteiger partial charge in [0.2, 0.25) is 11.8 Å². The highest BCUT2D eigenvalue weighted by atomic mass is 16.4. The van der Waals surface area contributed by atoms with Crippen molar-refractivity contribution in [3.05, 3.63) is 11.8 Å². The number of rotatable bonds is 5. The number of hydrogen-bond donors (Lipinski definition) is 2. The van der Waals surface area contributed by atoms with Gasteiger partial charge in [-0.3, -0.25) is 0 Å². The summed E-state index contributed by atoms with van der Waals surface area (Å²) in [6, 6.07) is 0. The molecule has 0 fully saturated rings. The van der Waals surface area contributed by atoms with Gasteiger partial charge in [0.25, 0.3) is 0 Å². The lowest BCUT2D eigenvalue weighted by Gasteiger charge is -2.21. The maximum atomic E-state index is 9.00. The fourth-order valence-electron chi connectivity index (χ4n) is 0.973. The Morgan fingerprint density at radius 3 is 2.64 bits per heavy atom. The summed E-state index contributed by atoms with van der Waals surface area (Å²) in [7, 11) is 0. The van der Waals surface area contributed by atoms with Crippen molar-refractivity contribution in [3.63, 3.8) is 0 Å². The zero-order chi connectivity index (χ0) is 10.6. The van der Waals surface area contributed by atoms with Crippen LogP contribution in [0.25, 0.3) is 0 Å².